The first-order valence-electron chi connectivity index (χ1n) is 5.16. The van der Waals surface area contributed by atoms with E-state index >= 15 is 0 Å². The van der Waals surface area contributed by atoms with Crippen LogP contribution >= 0.6 is 12.6 Å². The average Bonchev–Trinajstić information content (AvgIpc) is 2.58. The normalized spacial score (nSPS) is 17.0. The first-order chi connectivity index (χ1) is 8.51. The van der Waals surface area contributed by atoms with Crippen molar-refractivity contribution in [2.45, 2.75) is 12.6 Å². The van der Waals surface area contributed by atoms with E-state index in [1.807, 2.05) is 30.0 Å². The number of thiol groups is 1. The molecule has 0 spiro atoms. The zero-order valence-electron chi connectivity index (χ0n) is 10.5. The molecule has 0 saturated carbocycles. The number of hydrogen-bond donors (Lipinski definition) is 1. The van der Waals surface area contributed by atoms with Crippen LogP contribution in [0.2, 0.25) is 0 Å². The van der Waals surface area contributed by atoms with Crippen LogP contribution in [0.25, 0.3) is 0 Å². The summed E-state index contributed by atoms with van der Waals surface area (Å²) in [5, 5.41) is 8.63. The van der Waals surface area contributed by atoms with Gasteiger partial charge in [0.05, 0.1) is 6.20 Å². The maximum atomic E-state index is 11.0. The lowest BCUT2D eigenvalue weighted by atomic mass is 10.3. The first kappa shape index (κ1) is 16.1. The Morgan fingerprint density at radius 3 is 2.67 bits per heavy atom. The van der Waals surface area contributed by atoms with E-state index in [-0.39, 0.29) is 6.17 Å². The van der Waals surface area contributed by atoms with Gasteiger partial charge in [-0.2, -0.15) is 5.26 Å². The second-order valence-corrected chi connectivity index (χ2v) is 3.67. The minimum Gasteiger partial charge on any atom is -0.405 e. The van der Waals surface area contributed by atoms with Crippen LogP contribution < -0.4 is 0 Å². The molecule has 0 aromatic rings. The summed E-state index contributed by atoms with van der Waals surface area (Å²) in [6.45, 7) is 7.05. The SMILES string of the molecule is C=CCC1N(C)C=C(OC(=O)C=C)N1C.N#CS. The van der Waals surface area contributed by atoms with Crippen LogP contribution in [0.3, 0.4) is 0 Å². The molecule has 0 bridgehead atoms. The average molecular weight is 267 g/mol. The highest BCUT2D eigenvalue weighted by molar-refractivity contribution is 7.85. The monoisotopic (exact) mass is 267 g/mol. The Balaban J connectivity index is 0.000000873. The molecule has 6 heteroatoms. The lowest BCUT2D eigenvalue weighted by molar-refractivity contribution is -0.136. The number of ether oxygens (including phenoxy) is 1. The summed E-state index contributed by atoms with van der Waals surface area (Å²) >= 11 is 3.09. The van der Waals surface area contributed by atoms with Crippen LogP contribution in [0, 0.1) is 10.7 Å². The summed E-state index contributed by atoms with van der Waals surface area (Å²) in [7, 11) is 3.80. The molecular formula is C12H17N3O2S. The van der Waals surface area contributed by atoms with Gasteiger partial charge in [-0.15, -0.1) is 6.58 Å². The molecule has 18 heavy (non-hydrogen) atoms. The molecule has 0 fully saturated rings. The summed E-state index contributed by atoms with van der Waals surface area (Å²) in [5.41, 5.74) is 0. The van der Waals surface area contributed by atoms with Crippen LogP contribution in [0.1, 0.15) is 6.42 Å². The molecule has 0 amide bonds. The number of nitriles is 1. The fourth-order valence-electron chi connectivity index (χ4n) is 1.49. The second-order valence-electron chi connectivity index (χ2n) is 3.47. The van der Waals surface area contributed by atoms with Gasteiger partial charge in [0.1, 0.15) is 11.6 Å². The van der Waals surface area contributed by atoms with Gasteiger partial charge in [0.2, 0.25) is 5.88 Å². The van der Waals surface area contributed by atoms with Gasteiger partial charge in [-0.3, -0.25) is 0 Å². The molecule has 1 rings (SSSR count). The number of nitrogens with zero attached hydrogens (tertiary/aromatic N) is 3. The van der Waals surface area contributed by atoms with Crippen molar-refractivity contribution in [1.82, 2.24) is 9.80 Å². The zero-order chi connectivity index (χ0) is 14.1. The van der Waals surface area contributed by atoms with Crippen LogP contribution in [-0.4, -0.2) is 36.0 Å². The van der Waals surface area contributed by atoms with Gasteiger partial charge in [0.15, 0.2) is 0 Å². The maximum absolute atomic E-state index is 11.0. The lowest BCUT2D eigenvalue weighted by Gasteiger charge is -2.27. The van der Waals surface area contributed by atoms with Crippen LogP contribution in [0.5, 0.6) is 0 Å². The quantitative estimate of drug-likeness (QED) is 0.276. The fourth-order valence-corrected chi connectivity index (χ4v) is 1.49. The predicted octanol–water partition coefficient (Wildman–Crippen LogP) is 1.69. The Morgan fingerprint density at radius 2 is 2.22 bits per heavy atom. The maximum Gasteiger partial charge on any atom is 0.336 e. The van der Waals surface area contributed by atoms with E-state index in [9.17, 15) is 4.79 Å². The highest BCUT2D eigenvalue weighted by atomic mass is 32.1. The Hall–Kier alpha value is -1.87. The highest BCUT2D eigenvalue weighted by Crippen LogP contribution is 2.22. The lowest BCUT2D eigenvalue weighted by Crippen LogP contribution is -2.35. The van der Waals surface area contributed by atoms with Crippen molar-refractivity contribution in [2.75, 3.05) is 14.1 Å². The predicted molar refractivity (Wildman–Crippen MR) is 73.1 cm³/mol. The zero-order valence-corrected chi connectivity index (χ0v) is 11.4. The summed E-state index contributed by atoms with van der Waals surface area (Å²) in [4.78, 5) is 14.9. The summed E-state index contributed by atoms with van der Waals surface area (Å²) in [6, 6.07) is 0. The molecule has 0 saturated heterocycles. The van der Waals surface area contributed by atoms with Crippen molar-refractivity contribution in [3.05, 3.63) is 37.4 Å². The number of carbonyl (C=O) groups excluding carboxylic acids is 1. The molecule has 0 aromatic heterocycles. The Kier molecular flexibility index (Phi) is 7.40. The second kappa shape index (κ2) is 8.25. The van der Waals surface area contributed by atoms with E-state index in [0.29, 0.717) is 5.88 Å². The summed E-state index contributed by atoms with van der Waals surface area (Å²) in [5.74, 6) is 0.0926. The molecule has 5 nitrogen and oxygen atoms in total. The molecule has 0 aromatic carbocycles. The van der Waals surface area contributed by atoms with E-state index in [2.05, 4.69) is 25.8 Å². The standard InChI is InChI=1S/C11H16N2O2.CHNS/c1-5-7-9-12(3)8-10(13(9)4)15-11(14)6-2;2-1-3/h5-6,8-9H,1-2,7H2,3-4H3;3H. The van der Waals surface area contributed by atoms with Gasteiger partial charge >= 0.3 is 5.97 Å². The first-order valence-corrected chi connectivity index (χ1v) is 5.61. The van der Waals surface area contributed by atoms with Gasteiger partial charge in [0.25, 0.3) is 0 Å². The van der Waals surface area contributed by atoms with Crippen molar-refractivity contribution < 1.29 is 9.53 Å². The Labute approximate surface area is 113 Å². The number of rotatable bonds is 4. The minimum absolute atomic E-state index is 0.162. The van der Waals surface area contributed by atoms with E-state index in [1.165, 1.54) is 5.40 Å². The largest absolute Gasteiger partial charge is 0.405 e. The smallest absolute Gasteiger partial charge is 0.336 e. The molecule has 1 aliphatic heterocycles. The highest BCUT2D eigenvalue weighted by Gasteiger charge is 2.27. The summed E-state index contributed by atoms with van der Waals surface area (Å²) in [6.07, 6.45) is 5.74. The third kappa shape index (κ3) is 4.55. The third-order valence-corrected chi connectivity index (χ3v) is 2.33. The number of thiocyanates is 1. The van der Waals surface area contributed by atoms with E-state index in [1.54, 1.807) is 6.20 Å². The van der Waals surface area contributed by atoms with E-state index < -0.39 is 5.97 Å². The van der Waals surface area contributed by atoms with Gasteiger partial charge < -0.3 is 14.5 Å². The molecule has 1 aliphatic rings. The number of carbonyl (C=O) groups is 1. The summed E-state index contributed by atoms with van der Waals surface area (Å²) < 4.78 is 5.07. The van der Waals surface area contributed by atoms with Gasteiger partial charge in [-0.25, -0.2) is 4.79 Å². The molecule has 1 heterocycles. The van der Waals surface area contributed by atoms with Gasteiger partial charge in [-0.05, 0) is 0 Å². The van der Waals surface area contributed by atoms with Crippen LogP contribution in [0.4, 0.5) is 0 Å². The van der Waals surface area contributed by atoms with Crippen molar-refractivity contribution in [1.29, 1.82) is 5.26 Å². The van der Waals surface area contributed by atoms with E-state index in [4.69, 9.17) is 10.00 Å². The van der Waals surface area contributed by atoms with Crippen molar-refractivity contribution in [3.8, 4) is 5.40 Å². The van der Waals surface area contributed by atoms with Crippen molar-refractivity contribution in [3.63, 3.8) is 0 Å². The van der Waals surface area contributed by atoms with Crippen LogP contribution in [-0.2, 0) is 9.53 Å². The Morgan fingerprint density at radius 1 is 1.67 bits per heavy atom. The number of esters is 1. The number of hydrogen-bond acceptors (Lipinski definition) is 6. The van der Waals surface area contributed by atoms with Crippen LogP contribution in [0.15, 0.2) is 37.4 Å². The third-order valence-electron chi connectivity index (χ3n) is 2.33. The molecule has 0 aliphatic carbocycles. The fraction of sp³-hybridized carbons (Fsp3) is 0.333. The molecule has 0 radical (unpaired) electrons. The topological polar surface area (TPSA) is 56.6 Å². The molecule has 1 atom stereocenters. The Bertz CT molecular complexity index is 387. The van der Waals surface area contributed by atoms with E-state index in [0.717, 1.165) is 12.5 Å². The molecule has 98 valence electrons. The van der Waals surface area contributed by atoms with Crippen molar-refractivity contribution in [2.24, 2.45) is 0 Å². The van der Waals surface area contributed by atoms with Gasteiger partial charge in [-0.1, -0.05) is 25.3 Å². The van der Waals surface area contributed by atoms with Crippen molar-refractivity contribution >= 4 is 18.6 Å². The molecular weight excluding hydrogens is 250 g/mol. The minimum atomic E-state index is -0.444. The molecule has 0 N–H and O–H groups in total. The van der Waals surface area contributed by atoms with Gasteiger partial charge in [0, 0.05) is 26.6 Å². The molecule has 1 unspecified atom stereocenters.